The molecule has 1 aromatic heterocycles. The van der Waals surface area contributed by atoms with Crippen LogP contribution in [0.4, 0.5) is 0 Å². The molecule has 0 fully saturated rings. The number of benzene rings is 1. The highest BCUT2D eigenvalue weighted by atomic mass is 32.1. The molecule has 0 aliphatic heterocycles. The highest BCUT2D eigenvalue weighted by Gasteiger charge is 2.09. The van der Waals surface area contributed by atoms with Crippen molar-refractivity contribution in [2.24, 2.45) is 12.8 Å². The van der Waals surface area contributed by atoms with E-state index in [1.54, 1.807) is 0 Å². The third-order valence-electron chi connectivity index (χ3n) is 3.06. The molecule has 0 bridgehead atoms. The van der Waals surface area contributed by atoms with Gasteiger partial charge in [-0.05, 0) is 12.6 Å². The van der Waals surface area contributed by atoms with Gasteiger partial charge in [-0.1, -0.05) is 36.5 Å². The Bertz CT molecular complexity index is 576. The van der Waals surface area contributed by atoms with E-state index < -0.39 is 0 Å². The molecular weight excluding hydrogens is 256 g/mol. The molecular formula is C14H18N4S. The molecule has 4 nitrogen and oxygen atoms in total. The molecule has 0 aliphatic rings. The van der Waals surface area contributed by atoms with Crippen molar-refractivity contribution in [1.82, 2.24) is 14.5 Å². The maximum absolute atomic E-state index is 5.75. The van der Waals surface area contributed by atoms with E-state index in [4.69, 9.17) is 18.0 Å². The summed E-state index contributed by atoms with van der Waals surface area (Å²) >= 11 is 5.08. The predicted molar refractivity (Wildman–Crippen MR) is 80.7 cm³/mol. The van der Waals surface area contributed by atoms with Gasteiger partial charge in [0, 0.05) is 31.5 Å². The molecule has 0 radical (unpaired) electrons. The second kappa shape index (κ2) is 5.95. The van der Waals surface area contributed by atoms with Crippen LogP contribution >= 0.6 is 12.2 Å². The van der Waals surface area contributed by atoms with Crippen LogP contribution in [-0.4, -0.2) is 26.5 Å². The fraction of sp³-hybridized carbons (Fsp3) is 0.286. The summed E-state index contributed by atoms with van der Waals surface area (Å²) in [4.78, 5) is 6.96. The van der Waals surface area contributed by atoms with E-state index in [9.17, 15) is 0 Å². The quantitative estimate of drug-likeness (QED) is 0.843. The Morgan fingerprint density at radius 1 is 1.37 bits per heavy atom. The van der Waals surface area contributed by atoms with Crippen molar-refractivity contribution in [2.75, 3.05) is 7.05 Å². The summed E-state index contributed by atoms with van der Waals surface area (Å²) in [5.74, 6) is 1.04. The van der Waals surface area contributed by atoms with Gasteiger partial charge in [0.2, 0.25) is 0 Å². The monoisotopic (exact) mass is 274 g/mol. The number of nitrogens with zero attached hydrogens (tertiary/aromatic N) is 3. The van der Waals surface area contributed by atoms with E-state index >= 15 is 0 Å². The summed E-state index contributed by atoms with van der Waals surface area (Å²) in [7, 11) is 4.06. The minimum Gasteiger partial charge on any atom is -0.389 e. The molecule has 5 heteroatoms. The van der Waals surface area contributed by atoms with Gasteiger partial charge < -0.3 is 10.3 Å². The molecule has 1 heterocycles. The zero-order chi connectivity index (χ0) is 13.8. The summed E-state index contributed by atoms with van der Waals surface area (Å²) in [6.07, 6.45) is 3.76. The smallest absolute Gasteiger partial charge is 0.122 e. The largest absolute Gasteiger partial charge is 0.389 e. The lowest BCUT2D eigenvalue weighted by Gasteiger charge is -2.18. The Hall–Kier alpha value is -1.72. The zero-order valence-electron chi connectivity index (χ0n) is 11.2. The molecule has 0 aliphatic carbocycles. The van der Waals surface area contributed by atoms with E-state index in [0.717, 1.165) is 30.0 Å². The van der Waals surface area contributed by atoms with Crippen LogP contribution in [0.5, 0.6) is 0 Å². The number of imidazole rings is 1. The molecule has 0 saturated heterocycles. The van der Waals surface area contributed by atoms with E-state index in [1.807, 2.05) is 42.2 Å². The number of rotatable bonds is 5. The van der Waals surface area contributed by atoms with Crippen LogP contribution in [0.2, 0.25) is 0 Å². The van der Waals surface area contributed by atoms with Crippen LogP contribution in [0.1, 0.15) is 17.0 Å². The minimum absolute atomic E-state index is 0.445. The Morgan fingerprint density at radius 2 is 2.11 bits per heavy atom. The predicted octanol–water partition coefficient (Wildman–Crippen LogP) is 1.69. The standard InChI is InChI=1S/C14H18N4S/c1-17(10-13-16-7-8-18(13)2)9-11-5-3-4-6-12(11)14(15)19/h3-8H,9-10H2,1-2H3,(H2,15,19). The van der Waals surface area contributed by atoms with E-state index in [1.165, 1.54) is 0 Å². The van der Waals surface area contributed by atoms with Crippen LogP contribution in [-0.2, 0) is 20.1 Å². The van der Waals surface area contributed by atoms with Gasteiger partial charge in [0.1, 0.15) is 10.8 Å². The van der Waals surface area contributed by atoms with Gasteiger partial charge in [-0.25, -0.2) is 4.98 Å². The van der Waals surface area contributed by atoms with Gasteiger partial charge in [-0.2, -0.15) is 0 Å². The van der Waals surface area contributed by atoms with E-state index in [0.29, 0.717) is 4.99 Å². The van der Waals surface area contributed by atoms with Crippen molar-refractivity contribution in [2.45, 2.75) is 13.1 Å². The minimum atomic E-state index is 0.445. The molecule has 0 saturated carbocycles. The lowest BCUT2D eigenvalue weighted by atomic mass is 10.1. The number of aryl methyl sites for hydroxylation is 1. The fourth-order valence-corrected chi connectivity index (χ4v) is 2.23. The average Bonchev–Trinajstić information content (AvgIpc) is 2.75. The summed E-state index contributed by atoms with van der Waals surface area (Å²) in [6, 6.07) is 7.98. The van der Waals surface area contributed by atoms with Gasteiger partial charge in [0.15, 0.2) is 0 Å². The Balaban J connectivity index is 2.09. The number of aromatic nitrogens is 2. The van der Waals surface area contributed by atoms with Gasteiger partial charge in [0.25, 0.3) is 0 Å². The lowest BCUT2D eigenvalue weighted by Crippen LogP contribution is -2.22. The van der Waals surface area contributed by atoms with Crippen molar-refractivity contribution < 1.29 is 0 Å². The van der Waals surface area contributed by atoms with Crippen LogP contribution in [0.25, 0.3) is 0 Å². The molecule has 0 amide bonds. The Labute approximate surface area is 118 Å². The third-order valence-corrected chi connectivity index (χ3v) is 3.28. The molecule has 0 atom stereocenters. The topological polar surface area (TPSA) is 47.1 Å². The first-order chi connectivity index (χ1) is 9.08. The molecule has 0 unspecified atom stereocenters. The van der Waals surface area contributed by atoms with Crippen molar-refractivity contribution in [3.05, 3.63) is 53.6 Å². The number of thiocarbonyl (C=S) groups is 1. The molecule has 2 rings (SSSR count). The first kappa shape index (κ1) is 13.7. The van der Waals surface area contributed by atoms with Crippen molar-refractivity contribution in [3.63, 3.8) is 0 Å². The second-order valence-corrected chi connectivity index (χ2v) is 5.09. The molecule has 0 spiro atoms. The van der Waals surface area contributed by atoms with Gasteiger partial charge >= 0.3 is 0 Å². The number of hydrogen-bond acceptors (Lipinski definition) is 3. The fourth-order valence-electron chi connectivity index (χ4n) is 2.04. The maximum atomic E-state index is 5.75. The lowest BCUT2D eigenvalue weighted by molar-refractivity contribution is 0.307. The molecule has 2 aromatic rings. The van der Waals surface area contributed by atoms with Crippen LogP contribution in [0.3, 0.4) is 0 Å². The molecule has 100 valence electrons. The first-order valence-electron chi connectivity index (χ1n) is 6.10. The highest BCUT2D eigenvalue weighted by Crippen LogP contribution is 2.12. The van der Waals surface area contributed by atoms with Gasteiger partial charge in [0.05, 0.1) is 6.54 Å². The zero-order valence-corrected chi connectivity index (χ0v) is 12.0. The van der Waals surface area contributed by atoms with Crippen LogP contribution in [0.15, 0.2) is 36.7 Å². The number of nitrogens with two attached hydrogens (primary N) is 1. The third kappa shape index (κ3) is 3.39. The second-order valence-electron chi connectivity index (χ2n) is 4.65. The molecule has 19 heavy (non-hydrogen) atoms. The van der Waals surface area contributed by atoms with Crippen molar-refractivity contribution >= 4 is 17.2 Å². The normalized spacial score (nSPS) is 10.9. The van der Waals surface area contributed by atoms with Crippen LogP contribution in [0, 0.1) is 0 Å². The molecule has 1 aromatic carbocycles. The first-order valence-corrected chi connectivity index (χ1v) is 6.51. The summed E-state index contributed by atoms with van der Waals surface area (Å²) in [5, 5.41) is 0. The van der Waals surface area contributed by atoms with Crippen LogP contribution < -0.4 is 5.73 Å². The Morgan fingerprint density at radius 3 is 2.74 bits per heavy atom. The van der Waals surface area contributed by atoms with Crippen molar-refractivity contribution in [1.29, 1.82) is 0 Å². The summed E-state index contributed by atoms with van der Waals surface area (Å²) < 4.78 is 2.02. The summed E-state index contributed by atoms with van der Waals surface area (Å²) in [6.45, 7) is 1.58. The Kier molecular flexibility index (Phi) is 4.29. The SMILES string of the molecule is CN(Cc1ccccc1C(N)=S)Cc1nccn1C. The number of hydrogen-bond donors (Lipinski definition) is 1. The maximum Gasteiger partial charge on any atom is 0.122 e. The average molecular weight is 274 g/mol. The highest BCUT2D eigenvalue weighted by molar-refractivity contribution is 7.80. The van der Waals surface area contributed by atoms with Gasteiger partial charge in [-0.3, -0.25) is 4.90 Å². The van der Waals surface area contributed by atoms with Crippen molar-refractivity contribution in [3.8, 4) is 0 Å². The van der Waals surface area contributed by atoms with E-state index in [2.05, 4.69) is 23.0 Å². The van der Waals surface area contributed by atoms with Gasteiger partial charge in [-0.15, -0.1) is 0 Å². The molecule has 2 N–H and O–H groups in total. The van der Waals surface area contributed by atoms with E-state index in [-0.39, 0.29) is 0 Å². The summed E-state index contributed by atoms with van der Waals surface area (Å²) in [5.41, 5.74) is 7.84.